The number of rotatable bonds is 1. The molecule has 1 saturated carbocycles. The van der Waals surface area contributed by atoms with Crippen molar-refractivity contribution in [3.63, 3.8) is 0 Å². The zero-order valence-corrected chi connectivity index (χ0v) is 10.7. The van der Waals surface area contributed by atoms with Crippen molar-refractivity contribution in [1.82, 2.24) is 9.80 Å². The Morgan fingerprint density at radius 3 is 2.12 bits per heavy atom. The van der Waals surface area contributed by atoms with Crippen molar-refractivity contribution in [2.24, 2.45) is 5.41 Å². The van der Waals surface area contributed by atoms with Gasteiger partial charge in [-0.05, 0) is 77.2 Å². The van der Waals surface area contributed by atoms with E-state index >= 15 is 0 Å². The quantitative estimate of drug-likeness (QED) is 0.672. The van der Waals surface area contributed by atoms with E-state index in [2.05, 4.69) is 16.8 Å². The van der Waals surface area contributed by atoms with Gasteiger partial charge >= 0.3 is 0 Å². The van der Waals surface area contributed by atoms with Crippen LogP contribution < -0.4 is 0 Å². The summed E-state index contributed by atoms with van der Waals surface area (Å²) >= 11 is 0. The van der Waals surface area contributed by atoms with Gasteiger partial charge in [0.15, 0.2) is 0 Å². The third-order valence-corrected chi connectivity index (χ3v) is 5.29. The molecule has 0 aromatic heterocycles. The fourth-order valence-corrected chi connectivity index (χ4v) is 3.98. The number of piperidine rings is 2. The predicted octanol–water partition coefficient (Wildman–Crippen LogP) is 2.35. The van der Waals surface area contributed by atoms with Crippen LogP contribution in [0.5, 0.6) is 0 Å². The van der Waals surface area contributed by atoms with E-state index in [0.717, 1.165) is 11.5 Å². The van der Waals surface area contributed by atoms with Crippen LogP contribution in [0.2, 0.25) is 0 Å². The SMILES string of the molecule is CN1CCC2(CC1)CC(N1CCCCC1)C2. The average molecular weight is 222 g/mol. The molecule has 2 nitrogen and oxygen atoms in total. The van der Waals surface area contributed by atoms with E-state index in [1.54, 1.807) is 0 Å². The molecule has 16 heavy (non-hydrogen) atoms. The van der Waals surface area contributed by atoms with Crippen LogP contribution >= 0.6 is 0 Å². The zero-order chi connectivity index (χ0) is 11.0. The predicted molar refractivity (Wildman–Crippen MR) is 67.6 cm³/mol. The molecule has 1 aliphatic carbocycles. The highest BCUT2D eigenvalue weighted by Crippen LogP contribution is 2.51. The maximum absolute atomic E-state index is 2.78. The van der Waals surface area contributed by atoms with Crippen LogP contribution in [0, 0.1) is 5.41 Å². The molecule has 2 heterocycles. The Labute approximate surface area is 100.0 Å². The molecule has 2 aliphatic heterocycles. The summed E-state index contributed by atoms with van der Waals surface area (Å²) in [7, 11) is 2.27. The molecule has 0 aromatic rings. The minimum atomic E-state index is 0.772. The van der Waals surface area contributed by atoms with E-state index in [0.29, 0.717) is 0 Å². The minimum Gasteiger partial charge on any atom is -0.306 e. The summed E-state index contributed by atoms with van der Waals surface area (Å²) in [5.41, 5.74) is 0.772. The van der Waals surface area contributed by atoms with E-state index in [1.807, 2.05) is 0 Å². The van der Waals surface area contributed by atoms with Crippen LogP contribution in [-0.2, 0) is 0 Å². The minimum absolute atomic E-state index is 0.772. The maximum atomic E-state index is 2.78. The Balaban J connectivity index is 1.49. The summed E-state index contributed by atoms with van der Waals surface area (Å²) in [6.07, 6.45) is 10.3. The van der Waals surface area contributed by atoms with Gasteiger partial charge in [-0.25, -0.2) is 0 Å². The monoisotopic (exact) mass is 222 g/mol. The molecule has 0 N–H and O–H groups in total. The largest absolute Gasteiger partial charge is 0.306 e. The first kappa shape index (κ1) is 11.0. The second-order valence-electron chi connectivity index (χ2n) is 6.46. The molecule has 1 spiro atoms. The van der Waals surface area contributed by atoms with E-state index in [-0.39, 0.29) is 0 Å². The van der Waals surface area contributed by atoms with Crippen LogP contribution in [0.25, 0.3) is 0 Å². The lowest BCUT2D eigenvalue weighted by Gasteiger charge is -2.55. The molecule has 0 atom stereocenters. The fourth-order valence-electron chi connectivity index (χ4n) is 3.98. The smallest absolute Gasteiger partial charge is 0.0106 e. The van der Waals surface area contributed by atoms with Gasteiger partial charge in [0.25, 0.3) is 0 Å². The normalized spacial score (nSPS) is 32.8. The number of hydrogen-bond acceptors (Lipinski definition) is 2. The van der Waals surface area contributed by atoms with E-state index in [4.69, 9.17) is 0 Å². The Hall–Kier alpha value is -0.0800. The number of likely N-dealkylation sites (tertiary alicyclic amines) is 2. The Kier molecular flexibility index (Phi) is 2.97. The number of nitrogens with zero attached hydrogens (tertiary/aromatic N) is 2. The highest BCUT2D eigenvalue weighted by Gasteiger charge is 2.47. The topological polar surface area (TPSA) is 6.48 Å². The third-order valence-electron chi connectivity index (χ3n) is 5.29. The third kappa shape index (κ3) is 2.02. The van der Waals surface area contributed by atoms with Gasteiger partial charge in [-0.2, -0.15) is 0 Å². The van der Waals surface area contributed by atoms with Gasteiger partial charge in [0, 0.05) is 6.04 Å². The summed E-state index contributed by atoms with van der Waals surface area (Å²) in [4.78, 5) is 5.28. The van der Waals surface area contributed by atoms with Crippen molar-refractivity contribution in [1.29, 1.82) is 0 Å². The molecule has 3 aliphatic rings. The lowest BCUT2D eigenvalue weighted by atomic mass is 9.60. The van der Waals surface area contributed by atoms with Crippen molar-refractivity contribution in [3.8, 4) is 0 Å². The van der Waals surface area contributed by atoms with Crippen molar-refractivity contribution in [3.05, 3.63) is 0 Å². The first-order valence-electron chi connectivity index (χ1n) is 7.20. The molecule has 3 rings (SSSR count). The Morgan fingerprint density at radius 1 is 0.875 bits per heavy atom. The molecule has 0 unspecified atom stereocenters. The van der Waals surface area contributed by atoms with Crippen molar-refractivity contribution >= 4 is 0 Å². The summed E-state index contributed by atoms with van der Waals surface area (Å²) in [6.45, 7) is 5.46. The molecule has 0 radical (unpaired) electrons. The Morgan fingerprint density at radius 2 is 1.50 bits per heavy atom. The first-order chi connectivity index (χ1) is 7.77. The molecule has 0 bridgehead atoms. The van der Waals surface area contributed by atoms with Crippen LogP contribution in [0.4, 0.5) is 0 Å². The summed E-state index contributed by atoms with van der Waals surface area (Å²) < 4.78 is 0. The molecular formula is C14H26N2. The Bertz CT molecular complexity index is 229. The second-order valence-corrected chi connectivity index (χ2v) is 6.46. The number of hydrogen-bond donors (Lipinski definition) is 0. The van der Waals surface area contributed by atoms with Gasteiger partial charge in [-0.15, -0.1) is 0 Å². The zero-order valence-electron chi connectivity index (χ0n) is 10.7. The summed E-state index contributed by atoms with van der Waals surface area (Å²) in [6, 6.07) is 0.962. The molecule has 2 heteroatoms. The van der Waals surface area contributed by atoms with Gasteiger partial charge in [0.05, 0.1) is 0 Å². The van der Waals surface area contributed by atoms with Gasteiger partial charge in [-0.1, -0.05) is 6.42 Å². The van der Waals surface area contributed by atoms with Gasteiger partial charge in [0.1, 0.15) is 0 Å². The standard InChI is InChI=1S/C14H26N2/c1-15-9-5-14(6-10-15)11-13(12-14)16-7-3-2-4-8-16/h13H,2-12H2,1H3. The van der Waals surface area contributed by atoms with Gasteiger partial charge in [0.2, 0.25) is 0 Å². The fraction of sp³-hybridized carbons (Fsp3) is 1.00. The molecule has 3 fully saturated rings. The summed E-state index contributed by atoms with van der Waals surface area (Å²) in [5.74, 6) is 0. The molecule has 92 valence electrons. The van der Waals surface area contributed by atoms with Crippen LogP contribution in [0.15, 0.2) is 0 Å². The van der Waals surface area contributed by atoms with Crippen LogP contribution in [0.1, 0.15) is 44.9 Å². The van der Waals surface area contributed by atoms with Gasteiger partial charge in [-0.3, -0.25) is 0 Å². The lowest BCUT2D eigenvalue weighted by Crippen LogP contribution is -2.55. The van der Waals surface area contributed by atoms with Crippen molar-refractivity contribution < 1.29 is 0 Å². The van der Waals surface area contributed by atoms with Crippen molar-refractivity contribution in [2.45, 2.75) is 51.0 Å². The maximum Gasteiger partial charge on any atom is 0.0106 e. The highest BCUT2D eigenvalue weighted by atomic mass is 15.2. The molecule has 0 aromatic carbocycles. The highest BCUT2D eigenvalue weighted by molar-refractivity contribution is 5.01. The van der Waals surface area contributed by atoms with E-state index < -0.39 is 0 Å². The molecule has 2 saturated heterocycles. The molecular weight excluding hydrogens is 196 g/mol. The summed E-state index contributed by atoms with van der Waals surface area (Å²) in [5, 5.41) is 0. The van der Waals surface area contributed by atoms with E-state index in [9.17, 15) is 0 Å². The van der Waals surface area contributed by atoms with Crippen LogP contribution in [-0.4, -0.2) is 49.1 Å². The van der Waals surface area contributed by atoms with Gasteiger partial charge < -0.3 is 9.80 Å². The van der Waals surface area contributed by atoms with E-state index in [1.165, 1.54) is 71.1 Å². The molecule has 0 amide bonds. The first-order valence-corrected chi connectivity index (χ1v) is 7.20. The second kappa shape index (κ2) is 4.30. The average Bonchev–Trinajstić information content (AvgIpc) is 2.29. The lowest BCUT2D eigenvalue weighted by molar-refractivity contribution is -0.0440. The van der Waals surface area contributed by atoms with Crippen molar-refractivity contribution in [2.75, 3.05) is 33.2 Å². The van der Waals surface area contributed by atoms with Crippen LogP contribution in [0.3, 0.4) is 0 Å².